The summed E-state index contributed by atoms with van der Waals surface area (Å²) in [6.07, 6.45) is 2.13. The Balaban J connectivity index is 2.10. The number of nitrogen functional groups attached to an aromatic ring is 1. The van der Waals surface area contributed by atoms with Crippen molar-refractivity contribution >= 4 is 23.3 Å². The topological polar surface area (TPSA) is 96.8 Å². The monoisotopic (exact) mass is 275 g/mol. The highest BCUT2D eigenvalue weighted by atomic mass is 16.4. The van der Waals surface area contributed by atoms with E-state index in [9.17, 15) is 9.90 Å². The predicted molar refractivity (Wildman–Crippen MR) is 75.0 cm³/mol. The zero-order valence-corrected chi connectivity index (χ0v) is 11.3. The number of aromatic nitrogens is 3. The summed E-state index contributed by atoms with van der Waals surface area (Å²) in [6.45, 7) is 3.94. The van der Waals surface area contributed by atoms with Crippen molar-refractivity contribution in [1.82, 2.24) is 14.6 Å². The van der Waals surface area contributed by atoms with Crippen LogP contribution in [0, 0.1) is 5.92 Å². The maximum absolute atomic E-state index is 11.6. The van der Waals surface area contributed by atoms with Gasteiger partial charge in [-0.3, -0.25) is 0 Å². The molecule has 7 heteroatoms. The predicted octanol–water partition coefficient (Wildman–Crippen LogP) is 1.25. The van der Waals surface area contributed by atoms with Gasteiger partial charge in [-0.25, -0.2) is 9.31 Å². The minimum absolute atomic E-state index is 0.0805. The van der Waals surface area contributed by atoms with Crippen LogP contribution in [0.15, 0.2) is 12.1 Å². The molecule has 0 atom stereocenters. The second-order valence-corrected chi connectivity index (χ2v) is 5.28. The molecule has 1 fully saturated rings. The van der Waals surface area contributed by atoms with E-state index in [-0.39, 0.29) is 11.6 Å². The Hall–Kier alpha value is -2.31. The molecule has 1 aliphatic rings. The number of nitrogens with two attached hydrogens (primary N) is 1. The Bertz CT molecular complexity index is 658. The van der Waals surface area contributed by atoms with Gasteiger partial charge in [-0.2, -0.15) is 4.98 Å². The zero-order chi connectivity index (χ0) is 14.3. The van der Waals surface area contributed by atoms with E-state index in [1.807, 2.05) is 0 Å². The van der Waals surface area contributed by atoms with Crippen molar-refractivity contribution in [3.63, 3.8) is 0 Å². The largest absolute Gasteiger partial charge is 0.476 e. The van der Waals surface area contributed by atoms with Gasteiger partial charge in [0.15, 0.2) is 11.3 Å². The van der Waals surface area contributed by atoms with E-state index in [0.29, 0.717) is 17.3 Å². The van der Waals surface area contributed by atoms with Gasteiger partial charge in [-0.1, -0.05) is 6.92 Å². The quantitative estimate of drug-likeness (QED) is 0.856. The van der Waals surface area contributed by atoms with E-state index < -0.39 is 5.97 Å². The number of carboxylic acid groups (broad SMARTS) is 1. The molecule has 7 nitrogen and oxygen atoms in total. The Morgan fingerprint density at radius 3 is 2.75 bits per heavy atom. The van der Waals surface area contributed by atoms with Crippen LogP contribution in [0.2, 0.25) is 0 Å². The fourth-order valence-corrected chi connectivity index (χ4v) is 2.66. The summed E-state index contributed by atoms with van der Waals surface area (Å²) in [7, 11) is 0. The molecule has 1 aliphatic heterocycles. The number of aromatic carboxylic acids is 1. The fourth-order valence-electron chi connectivity index (χ4n) is 2.66. The molecule has 0 aliphatic carbocycles. The Labute approximate surface area is 116 Å². The minimum atomic E-state index is -1.02. The van der Waals surface area contributed by atoms with Crippen LogP contribution in [0.1, 0.15) is 30.3 Å². The number of carbonyl (C=O) groups is 1. The van der Waals surface area contributed by atoms with Gasteiger partial charge in [-0.05, 0) is 30.9 Å². The van der Waals surface area contributed by atoms with Gasteiger partial charge in [0.05, 0.1) is 5.69 Å². The first kappa shape index (κ1) is 12.7. The van der Waals surface area contributed by atoms with Gasteiger partial charge >= 0.3 is 5.97 Å². The molecule has 2 aromatic heterocycles. The summed E-state index contributed by atoms with van der Waals surface area (Å²) in [5, 5.41) is 13.5. The first-order chi connectivity index (χ1) is 9.56. The van der Waals surface area contributed by atoms with Gasteiger partial charge in [0.25, 0.3) is 0 Å². The number of pyridine rings is 1. The van der Waals surface area contributed by atoms with Crippen molar-refractivity contribution in [1.29, 1.82) is 0 Å². The van der Waals surface area contributed by atoms with Gasteiger partial charge in [0, 0.05) is 13.1 Å². The maximum Gasteiger partial charge on any atom is 0.356 e. The first-order valence-corrected chi connectivity index (χ1v) is 6.70. The van der Waals surface area contributed by atoms with Crippen LogP contribution in [0.5, 0.6) is 0 Å². The van der Waals surface area contributed by atoms with E-state index in [1.165, 1.54) is 4.52 Å². The number of carboxylic acids is 1. The second kappa shape index (κ2) is 4.66. The van der Waals surface area contributed by atoms with E-state index in [0.717, 1.165) is 25.9 Å². The van der Waals surface area contributed by atoms with Crippen LogP contribution in [-0.4, -0.2) is 38.8 Å². The van der Waals surface area contributed by atoms with Crippen molar-refractivity contribution in [3.8, 4) is 0 Å². The van der Waals surface area contributed by atoms with Crippen molar-refractivity contribution in [2.24, 2.45) is 5.92 Å². The smallest absolute Gasteiger partial charge is 0.356 e. The molecule has 0 amide bonds. The SMILES string of the molecule is CC1CCN(c2ccc3nc(N)nn3c2C(=O)O)CC1. The van der Waals surface area contributed by atoms with Crippen molar-refractivity contribution in [2.45, 2.75) is 19.8 Å². The number of fused-ring (bicyclic) bond motifs is 1. The van der Waals surface area contributed by atoms with Crippen LogP contribution in [0.3, 0.4) is 0 Å². The lowest BCUT2D eigenvalue weighted by Gasteiger charge is -2.32. The van der Waals surface area contributed by atoms with Crippen LogP contribution >= 0.6 is 0 Å². The number of hydrogen-bond acceptors (Lipinski definition) is 5. The number of hydrogen-bond donors (Lipinski definition) is 2. The highest BCUT2D eigenvalue weighted by Gasteiger charge is 2.24. The Kier molecular flexibility index (Phi) is 2.96. The molecule has 0 unspecified atom stereocenters. The van der Waals surface area contributed by atoms with Crippen LogP contribution in [-0.2, 0) is 0 Å². The summed E-state index contributed by atoms with van der Waals surface area (Å²) in [6, 6.07) is 3.55. The molecule has 0 bridgehead atoms. The van der Waals surface area contributed by atoms with Gasteiger partial charge in [0.2, 0.25) is 5.95 Å². The summed E-state index contributed by atoms with van der Waals surface area (Å²) in [5.74, 6) is -0.253. The molecular weight excluding hydrogens is 258 g/mol. The molecule has 0 aromatic carbocycles. The molecule has 1 saturated heterocycles. The molecule has 3 rings (SSSR count). The zero-order valence-electron chi connectivity index (χ0n) is 11.3. The van der Waals surface area contributed by atoms with Crippen LogP contribution < -0.4 is 10.6 Å². The molecule has 0 spiro atoms. The highest BCUT2D eigenvalue weighted by molar-refractivity contribution is 5.93. The van der Waals surface area contributed by atoms with Crippen molar-refractivity contribution < 1.29 is 9.90 Å². The van der Waals surface area contributed by atoms with Crippen LogP contribution in [0.4, 0.5) is 11.6 Å². The third kappa shape index (κ3) is 2.04. The third-order valence-corrected chi connectivity index (χ3v) is 3.82. The number of piperidine rings is 1. The van der Waals surface area contributed by atoms with E-state index >= 15 is 0 Å². The van der Waals surface area contributed by atoms with Crippen LogP contribution in [0.25, 0.3) is 5.65 Å². The summed E-state index contributed by atoms with van der Waals surface area (Å²) in [4.78, 5) is 17.7. The fraction of sp³-hybridized carbons (Fsp3) is 0.462. The molecule has 3 N–H and O–H groups in total. The highest BCUT2D eigenvalue weighted by Crippen LogP contribution is 2.27. The standard InChI is InChI=1S/C13H17N5O2/c1-8-4-6-17(7-5-8)9-2-3-10-15-13(14)16-18(10)11(9)12(19)20/h2-3,8H,4-7H2,1H3,(H2,14,16)(H,19,20). The first-order valence-electron chi connectivity index (χ1n) is 6.70. The lowest BCUT2D eigenvalue weighted by Crippen LogP contribution is -2.34. The van der Waals surface area contributed by atoms with Crippen molar-refractivity contribution in [3.05, 3.63) is 17.8 Å². The van der Waals surface area contributed by atoms with Gasteiger partial charge in [-0.15, -0.1) is 5.10 Å². The van der Waals surface area contributed by atoms with Gasteiger partial charge < -0.3 is 15.7 Å². The molecule has 106 valence electrons. The van der Waals surface area contributed by atoms with E-state index in [1.54, 1.807) is 12.1 Å². The normalized spacial score (nSPS) is 16.8. The number of rotatable bonds is 2. The molecule has 3 heterocycles. The van der Waals surface area contributed by atoms with E-state index in [4.69, 9.17) is 5.73 Å². The summed E-state index contributed by atoms with van der Waals surface area (Å²) < 4.78 is 1.31. The van der Waals surface area contributed by atoms with Crippen molar-refractivity contribution in [2.75, 3.05) is 23.7 Å². The average molecular weight is 275 g/mol. The molecule has 2 aromatic rings. The number of nitrogens with zero attached hydrogens (tertiary/aromatic N) is 4. The molecule has 0 radical (unpaired) electrons. The Morgan fingerprint density at radius 1 is 1.40 bits per heavy atom. The molecule has 0 saturated carbocycles. The van der Waals surface area contributed by atoms with Gasteiger partial charge in [0.1, 0.15) is 0 Å². The summed E-state index contributed by atoms with van der Waals surface area (Å²) in [5.41, 5.74) is 6.82. The second-order valence-electron chi connectivity index (χ2n) is 5.28. The molecular formula is C13H17N5O2. The Morgan fingerprint density at radius 2 is 2.10 bits per heavy atom. The third-order valence-electron chi connectivity index (χ3n) is 3.82. The number of anilines is 2. The average Bonchev–Trinajstić information content (AvgIpc) is 2.78. The lowest BCUT2D eigenvalue weighted by molar-refractivity contribution is 0.0688. The lowest BCUT2D eigenvalue weighted by atomic mass is 9.98. The maximum atomic E-state index is 11.6. The molecule has 20 heavy (non-hydrogen) atoms. The van der Waals surface area contributed by atoms with E-state index in [2.05, 4.69) is 21.9 Å². The minimum Gasteiger partial charge on any atom is -0.476 e. The summed E-state index contributed by atoms with van der Waals surface area (Å²) >= 11 is 0.